The fourth-order valence-electron chi connectivity index (χ4n) is 1.91. The van der Waals surface area contributed by atoms with Crippen molar-refractivity contribution in [3.63, 3.8) is 0 Å². The molecule has 0 spiro atoms. The Morgan fingerprint density at radius 2 is 1.89 bits per heavy atom. The lowest BCUT2D eigenvalue weighted by atomic mass is 9.99. The van der Waals surface area contributed by atoms with E-state index in [-0.39, 0.29) is 11.4 Å². The second-order valence-electron chi connectivity index (χ2n) is 5.26. The number of rotatable bonds is 7. The first kappa shape index (κ1) is 15.5. The molecular weight excluding hydrogens is 240 g/mol. The van der Waals surface area contributed by atoms with Gasteiger partial charge in [-0.1, -0.05) is 13.3 Å². The quantitative estimate of drug-likeness (QED) is 0.796. The third kappa shape index (κ3) is 5.75. The van der Waals surface area contributed by atoms with Crippen molar-refractivity contribution in [2.75, 3.05) is 19.0 Å². The van der Waals surface area contributed by atoms with E-state index in [2.05, 4.69) is 31.4 Å². The van der Waals surface area contributed by atoms with Crippen LogP contribution in [0.1, 0.15) is 33.6 Å². The van der Waals surface area contributed by atoms with Crippen molar-refractivity contribution >= 4 is 11.6 Å². The highest BCUT2D eigenvalue weighted by atomic mass is 16.5. The van der Waals surface area contributed by atoms with Crippen LogP contribution in [0.15, 0.2) is 24.3 Å². The number of carbonyl (C=O) groups excluding carboxylic acids is 1. The van der Waals surface area contributed by atoms with E-state index >= 15 is 0 Å². The first-order chi connectivity index (χ1) is 8.96. The molecule has 0 bridgehead atoms. The smallest absolute Gasteiger partial charge is 0.238 e. The molecule has 0 fully saturated rings. The largest absolute Gasteiger partial charge is 0.497 e. The molecule has 4 nitrogen and oxygen atoms in total. The highest BCUT2D eigenvalue weighted by Gasteiger charge is 2.16. The molecule has 4 heteroatoms. The molecule has 0 aliphatic carbocycles. The number of hydrogen-bond donors (Lipinski definition) is 2. The summed E-state index contributed by atoms with van der Waals surface area (Å²) in [6.07, 6.45) is 2.14. The minimum atomic E-state index is -0.0330. The Hall–Kier alpha value is -1.55. The minimum absolute atomic E-state index is 0.00794. The van der Waals surface area contributed by atoms with Gasteiger partial charge in [0, 0.05) is 11.2 Å². The number of methoxy groups -OCH3 is 1. The second kappa shape index (κ2) is 7.14. The highest BCUT2D eigenvalue weighted by Crippen LogP contribution is 2.15. The maximum absolute atomic E-state index is 11.8. The number of carbonyl (C=O) groups is 1. The van der Waals surface area contributed by atoms with Gasteiger partial charge in [-0.05, 0) is 44.5 Å². The van der Waals surface area contributed by atoms with E-state index < -0.39 is 0 Å². The van der Waals surface area contributed by atoms with Crippen molar-refractivity contribution in [1.29, 1.82) is 0 Å². The number of amides is 1. The van der Waals surface area contributed by atoms with E-state index in [0.29, 0.717) is 6.54 Å². The predicted molar refractivity (Wildman–Crippen MR) is 78.6 cm³/mol. The van der Waals surface area contributed by atoms with Gasteiger partial charge >= 0.3 is 0 Å². The normalized spacial score (nSPS) is 11.2. The zero-order valence-electron chi connectivity index (χ0n) is 12.2. The van der Waals surface area contributed by atoms with E-state index in [9.17, 15) is 4.79 Å². The summed E-state index contributed by atoms with van der Waals surface area (Å²) in [5.41, 5.74) is 0.771. The molecule has 0 atom stereocenters. The summed E-state index contributed by atoms with van der Waals surface area (Å²) >= 11 is 0. The average Bonchev–Trinajstić information content (AvgIpc) is 2.37. The van der Waals surface area contributed by atoms with Crippen molar-refractivity contribution in [3.05, 3.63) is 24.3 Å². The Morgan fingerprint density at radius 3 is 2.42 bits per heavy atom. The summed E-state index contributed by atoms with van der Waals surface area (Å²) in [5, 5.41) is 6.12. The molecule has 0 saturated heterocycles. The third-order valence-electron chi connectivity index (χ3n) is 2.98. The Morgan fingerprint density at radius 1 is 1.26 bits per heavy atom. The van der Waals surface area contributed by atoms with E-state index in [4.69, 9.17) is 4.74 Å². The van der Waals surface area contributed by atoms with Gasteiger partial charge in [-0.25, -0.2) is 0 Å². The van der Waals surface area contributed by atoms with Crippen LogP contribution in [0, 0.1) is 0 Å². The minimum Gasteiger partial charge on any atom is -0.497 e. The van der Waals surface area contributed by atoms with Crippen LogP contribution in [0.3, 0.4) is 0 Å². The maximum atomic E-state index is 11.8. The number of anilines is 1. The van der Waals surface area contributed by atoms with Crippen molar-refractivity contribution in [1.82, 2.24) is 5.32 Å². The topological polar surface area (TPSA) is 50.4 Å². The highest BCUT2D eigenvalue weighted by molar-refractivity contribution is 5.92. The van der Waals surface area contributed by atoms with Gasteiger partial charge in [-0.3, -0.25) is 4.79 Å². The lowest BCUT2D eigenvalue weighted by Crippen LogP contribution is -2.43. The average molecular weight is 264 g/mol. The zero-order valence-corrected chi connectivity index (χ0v) is 12.2. The molecule has 1 aromatic carbocycles. The summed E-state index contributed by atoms with van der Waals surface area (Å²) in [7, 11) is 1.62. The molecule has 1 amide bonds. The predicted octanol–water partition coefficient (Wildman–Crippen LogP) is 2.80. The van der Waals surface area contributed by atoms with Crippen LogP contribution in [0.4, 0.5) is 5.69 Å². The van der Waals surface area contributed by atoms with Crippen LogP contribution in [0.25, 0.3) is 0 Å². The Bertz CT molecular complexity index is 399. The number of nitrogens with one attached hydrogen (secondary N) is 2. The zero-order chi connectivity index (χ0) is 14.3. The van der Waals surface area contributed by atoms with Gasteiger partial charge in [0.05, 0.1) is 13.7 Å². The van der Waals surface area contributed by atoms with E-state index in [1.54, 1.807) is 7.11 Å². The van der Waals surface area contributed by atoms with Crippen molar-refractivity contribution in [3.8, 4) is 5.75 Å². The summed E-state index contributed by atoms with van der Waals surface area (Å²) < 4.78 is 5.07. The van der Waals surface area contributed by atoms with Gasteiger partial charge in [0.25, 0.3) is 0 Å². The molecule has 106 valence electrons. The molecule has 0 aromatic heterocycles. The molecule has 1 rings (SSSR count). The second-order valence-corrected chi connectivity index (χ2v) is 5.26. The SMILES string of the molecule is CCCC(C)(C)NCC(=O)Nc1ccc(OC)cc1. The number of benzene rings is 1. The molecule has 2 N–H and O–H groups in total. The Balaban J connectivity index is 2.42. The lowest BCUT2D eigenvalue weighted by Gasteiger charge is -2.25. The molecule has 19 heavy (non-hydrogen) atoms. The molecule has 0 heterocycles. The first-order valence-corrected chi connectivity index (χ1v) is 6.66. The Labute approximate surface area is 115 Å². The van der Waals surface area contributed by atoms with Gasteiger partial charge in [0.1, 0.15) is 5.75 Å². The monoisotopic (exact) mass is 264 g/mol. The number of hydrogen-bond acceptors (Lipinski definition) is 3. The van der Waals surface area contributed by atoms with Crippen LogP contribution in [-0.4, -0.2) is 25.1 Å². The van der Waals surface area contributed by atoms with Gasteiger partial charge in [0.2, 0.25) is 5.91 Å². The Kier molecular flexibility index (Phi) is 5.83. The fraction of sp³-hybridized carbons (Fsp3) is 0.533. The number of ether oxygens (including phenoxy) is 1. The molecule has 0 unspecified atom stereocenters. The maximum Gasteiger partial charge on any atom is 0.238 e. The van der Waals surface area contributed by atoms with Gasteiger partial charge in [-0.15, -0.1) is 0 Å². The van der Waals surface area contributed by atoms with E-state index in [1.807, 2.05) is 24.3 Å². The first-order valence-electron chi connectivity index (χ1n) is 6.66. The van der Waals surface area contributed by atoms with Crippen molar-refractivity contribution < 1.29 is 9.53 Å². The molecular formula is C15H24N2O2. The fourth-order valence-corrected chi connectivity index (χ4v) is 1.91. The standard InChI is InChI=1S/C15H24N2O2/c1-5-10-15(2,3)16-11-14(18)17-12-6-8-13(19-4)9-7-12/h6-9,16H,5,10-11H2,1-4H3,(H,17,18). The summed E-state index contributed by atoms with van der Waals surface area (Å²) in [4.78, 5) is 11.8. The van der Waals surface area contributed by atoms with Crippen LogP contribution in [0.2, 0.25) is 0 Å². The van der Waals surface area contributed by atoms with Crippen LogP contribution in [0.5, 0.6) is 5.75 Å². The van der Waals surface area contributed by atoms with Crippen LogP contribution in [-0.2, 0) is 4.79 Å². The molecule has 1 aromatic rings. The van der Waals surface area contributed by atoms with Gasteiger partial charge < -0.3 is 15.4 Å². The molecule has 0 aliphatic heterocycles. The van der Waals surface area contributed by atoms with Crippen molar-refractivity contribution in [2.45, 2.75) is 39.2 Å². The third-order valence-corrected chi connectivity index (χ3v) is 2.98. The van der Waals surface area contributed by atoms with Gasteiger partial charge in [-0.2, -0.15) is 0 Å². The molecule has 0 saturated carbocycles. The summed E-state index contributed by atoms with van der Waals surface area (Å²) in [5.74, 6) is 0.745. The molecule has 0 radical (unpaired) electrons. The van der Waals surface area contributed by atoms with Crippen LogP contribution < -0.4 is 15.4 Å². The summed E-state index contributed by atoms with van der Waals surface area (Å²) in [6, 6.07) is 7.30. The van der Waals surface area contributed by atoms with E-state index in [1.165, 1.54) is 0 Å². The van der Waals surface area contributed by atoms with Crippen molar-refractivity contribution in [2.24, 2.45) is 0 Å². The lowest BCUT2D eigenvalue weighted by molar-refractivity contribution is -0.115. The van der Waals surface area contributed by atoms with Gasteiger partial charge in [0.15, 0.2) is 0 Å². The van der Waals surface area contributed by atoms with E-state index in [0.717, 1.165) is 24.3 Å². The summed E-state index contributed by atoms with van der Waals surface area (Å²) in [6.45, 7) is 6.67. The van der Waals surface area contributed by atoms with Crippen LogP contribution >= 0.6 is 0 Å². The molecule has 0 aliphatic rings.